The third-order valence-electron chi connectivity index (χ3n) is 6.65. The zero-order valence-corrected chi connectivity index (χ0v) is 23.4. The van der Waals surface area contributed by atoms with E-state index in [1.807, 2.05) is 71.7 Å². The lowest BCUT2D eigenvalue weighted by atomic mass is 9.99. The fourth-order valence-electron chi connectivity index (χ4n) is 4.74. The Balaban J connectivity index is 1.36. The molecule has 1 saturated heterocycles. The Kier molecular flexibility index (Phi) is 8.30. The lowest BCUT2D eigenvalue weighted by molar-refractivity contribution is -0.126. The number of hydrogen-bond acceptors (Lipinski definition) is 4. The van der Waals surface area contributed by atoms with Gasteiger partial charge in [0.05, 0.1) is 29.5 Å². The van der Waals surface area contributed by atoms with E-state index in [1.165, 1.54) is 0 Å². The lowest BCUT2D eigenvalue weighted by Gasteiger charge is -2.27. The number of benzene rings is 3. The van der Waals surface area contributed by atoms with Crippen LogP contribution in [0.1, 0.15) is 36.8 Å². The Hall–Kier alpha value is -3.35. The summed E-state index contributed by atoms with van der Waals surface area (Å²) in [4.78, 5) is 14.0. The first-order chi connectivity index (χ1) is 18.5. The van der Waals surface area contributed by atoms with E-state index >= 15 is 0 Å². The van der Waals surface area contributed by atoms with Gasteiger partial charge in [0, 0.05) is 22.7 Å². The van der Waals surface area contributed by atoms with Crippen LogP contribution in [0.2, 0.25) is 5.02 Å². The number of hydrazone groups is 1. The maximum atomic E-state index is 12.2. The molecule has 1 fully saturated rings. The molecule has 2 aliphatic heterocycles. The average molecular weight is 591 g/mol. The zero-order chi connectivity index (χ0) is 26.5. The Bertz CT molecular complexity index is 1390. The maximum absolute atomic E-state index is 12.2. The van der Waals surface area contributed by atoms with Crippen LogP contribution in [0.25, 0.3) is 5.57 Å². The SMILES string of the molecule is C=C(CCCOc1ccccc1C1=NN(c2ccccc2)CC(c2ccccc2Cl)=C1)N1C(=O)CCC1Br. The summed E-state index contributed by atoms with van der Waals surface area (Å²) in [5.41, 5.74) is 5.61. The highest BCUT2D eigenvalue weighted by Gasteiger charge is 2.30. The van der Waals surface area contributed by atoms with Crippen LogP contribution in [0.3, 0.4) is 0 Å². The van der Waals surface area contributed by atoms with Crippen LogP contribution in [0.5, 0.6) is 5.75 Å². The van der Waals surface area contributed by atoms with Crippen molar-refractivity contribution in [3.63, 3.8) is 0 Å². The normalized spacial score (nSPS) is 17.3. The summed E-state index contributed by atoms with van der Waals surface area (Å²) in [6, 6.07) is 26.0. The van der Waals surface area contributed by atoms with Gasteiger partial charge in [-0.1, -0.05) is 82.6 Å². The van der Waals surface area contributed by atoms with Gasteiger partial charge in [-0.2, -0.15) is 5.10 Å². The van der Waals surface area contributed by atoms with Gasteiger partial charge >= 0.3 is 0 Å². The molecule has 0 N–H and O–H groups in total. The van der Waals surface area contributed by atoms with Gasteiger partial charge in [0.2, 0.25) is 5.91 Å². The van der Waals surface area contributed by atoms with Crippen molar-refractivity contribution in [2.24, 2.45) is 5.10 Å². The molecular weight excluding hydrogens is 562 g/mol. The summed E-state index contributed by atoms with van der Waals surface area (Å²) in [5.74, 6) is 0.889. The summed E-state index contributed by atoms with van der Waals surface area (Å²) in [5, 5.41) is 7.71. The average Bonchev–Trinajstić information content (AvgIpc) is 3.29. The van der Waals surface area contributed by atoms with Crippen molar-refractivity contribution in [3.8, 4) is 5.75 Å². The molecule has 1 atom stereocenters. The molecule has 194 valence electrons. The number of para-hydroxylation sites is 2. The Morgan fingerprint density at radius 3 is 2.47 bits per heavy atom. The quantitative estimate of drug-likeness (QED) is 0.146. The second-order valence-corrected chi connectivity index (χ2v) is 10.7. The van der Waals surface area contributed by atoms with Crippen LogP contribution in [-0.2, 0) is 4.79 Å². The Morgan fingerprint density at radius 1 is 1.03 bits per heavy atom. The van der Waals surface area contributed by atoms with E-state index in [9.17, 15) is 4.79 Å². The van der Waals surface area contributed by atoms with Crippen molar-refractivity contribution in [1.29, 1.82) is 0 Å². The molecule has 5 rings (SSSR count). The number of ether oxygens (including phenoxy) is 1. The summed E-state index contributed by atoms with van der Waals surface area (Å²) in [6.45, 7) is 5.24. The second-order valence-electron chi connectivity index (χ2n) is 9.28. The number of alkyl halides is 1. The number of carbonyl (C=O) groups is 1. The fourth-order valence-corrected chi connectivity index (χ4v) is 5.74. The van der Waals surface area contributed by atoms with Gasteiger partial charge in [0.15, 0.2) is 0 Å². The molecule has 38 heavy (non-hydrogen) atoms. The molecular formula is C31H29BrClN3O2. The van der Waals surface area contributed by atoms with Gasteiger partial charge < -0.3 is 9.64 Å². The minimum absolute atomic E-state index is 0.0418. The van der Waals surface area contributed by atoms with Crippen molar-refractivity contribution in [3.05, 3.63) is 113 Å². The number of carbonyl (C=O) groups excluding carboxylic acids is 1. The fraction of sp³-hybridized carbons (Fsp3) is 0.226. The van der Waals surface area contributed by atoms with E-state index < -0.39 is 0 Å². The topological polar surface area (TPSA) is 45.1 Å². The zero-order valence-electron chi connectivity index (χ0n) is 21.0. The second kappa shape index (κ2) is 12.0. The van der Waals surface area contributed by atoms with Crippen molar-refractivity contribution in [2.75, 3.05) is 18.2 Å². The van der Waals surface area contributed by atoms with Gasteiger partial charge in [-0.05, 0) is 66.8 Å². The smallest absolute Gasteiger partial charge is 0.227 e. The summed E-state index contributed by atoms with van der Waals surface area (Å²) in [7, 11) is 0. The number of likely N-dealkylation sites (tertiary alicyclic amines) is 1. The van der Waals surface area contributed by atoms with Crippen LogP contribution in [-0.4, -0.2) is 34.6 Å². The molecule has 2 heterocycles. The molecule has 0 spiro atoms. The monoisotopic (exact) mass is 589 g/mol. The number of allylic oxidation sites excluding steroid dienone is 2. The molecule has 1 unspecified atom stereocenters. The van der Waals surface area contributed by atoms with E-state index in [4.69, 9.17) is 21.4 Å². The van der Waals surface area contributed by atoms with Crippen molar-refractivity contribution in [2.45, 2.75) is 30.6 Å². The minimum Gasteiger partial charge on any atom is -0.493 e. The summed E-state index contributed by atoms with van der Waals surface area (Å²) in [6.07, 6.45) is 4.91. The molecule has 7 heteroatoms. The molecule has 0 saturated carbocycles. The molecule has 0 aliphatic carbocycles. The van der Waals surface area contributed by atoms with Crippen LogP contribution in [0.15, 0.2) is 102 Å². The molecule has 3 aromatic rings. The van der Waals surface area contributed by atoms with Gasteiger partial charge in [-0.3, -0.25) is 9.80 Å². The van der Waals surface area contributed by atoms with Crippen molar-refractivity contribution >= 4 is 50.4 Å². The predicted octanol–water partition coefficient (Wildman–Crippen LogP) is 7.66. The van der Waals surface area contributed by atoms with Crippen molar-refractivity contribution in [1.82, 2.24) is 4.90 Å². The highest BCUT2D eigenvalue weighted by molar-refractivity contribution is 9.09. The van der Waals surface area contributed by atoms with E-state index in [-0.39, 0.29) is 10.9 Å². The number of nitrogens with zero attached hydrogens (tertiary/aromatic N) is 3. The van der Waals surface area contributed by atoms with E-state index in [0.717, 1.165) is 52.4 Å². The Labute approximate surface area is 237 Å². The largest absolute Gasteiger partial charge is 0.493 e. The summed E-state index contributed by atoms with van der Waals surface area (Å²) >= 11 is 10.2. The molecule has 0 aromatic heterocycles. The van der Waals surface area contributed by atoms with E-state index in [0.29, 0.717) is 31.0 Å². The highest BCUT2D eigenvalue weighted by Crippen LogP contribution is 2.32. The van der Waals surface area contributed by atoms with E-state index in [2.05, 4.69) is 40.7 Å². The lowest BCUT2D eigenvalue weighted by Crippen LogP contribution is -2.28. The third kappa shape index (κ3) is 5.87. The van der Waals surface area contributed by atoms with Crippen LogP contribution in [0.4, 0.5) is 5.69 Å². The summed E-state index contributed by atoms with van der Waals surface area (Å²) < 4.78 is 6.25. The highest BCUT2D eigenvalue weighted by atomic mass is 79.9. The molecule has 1 amide bonds. The number of halogens is 2. The number of anilines is 1. The molecule has 3 aromatic carbocycles. The minimum atomic E-state index is 0.0418. The van der Waals surface area contributed by atoms with Gasteiger partial charge in [0.25, 0.3) is 0 Å². The Morgan fingerprint density at radius 2 is 1.74 bits per heavy atom. The molecule has 2 aliphatic rings. The van der Waals surface area contributed by atoms with Gasteiger partial charge in [0.1, 0.15) is 5.75 Å². The first kappa shape index (κ1) is 26.3. The van der Waals surface area contributed by atoms with Gasteiger partial charge in [-0.25, -0.2) is 0 Å². The van der Waals surface area contributed by atoms with Crippen molar-refractivity contribution < 1.29 is 9.53 Å². The molecule has 5 nitrogen and oxygen atoms in total. The van der Waals surface area contributed by atoms with E-state index in [1.54, 1.807) is 4.90 Å². The number of amides is 1. The first-order valence-electron chi connectivity index (χ1n) is 12.7. The number of rotatable bonds is 9. The standard InChI is InChI=1S/C31H29BrClN3O2/c1-22(36-30(32)17-18-31(36)37)10-9-19-38-29-16-8-6-14-26(29)28-20-23(25-13-5-7-15-27(25)33)21-35(34-28)24-11-3-2-4-12-24/h2-8,11-16,20,30H,1,9-10,17-19,21H2. The first-order valence-corrected chi connectivity index (χ1v) is 14.0. The number of hydrogen-bond donors (Lipinski definition) is 0. The maximum Gasteiger partial charge on any atom is 0.227 e. The van der Waals surface area contributed by atoms with Crippen LogP contribution >= 0.6 is 27.5 Å². The molecule has 0 radical (unpaired) electrons. The van der Waals surface area contributed by atoms with Crippen LogP contribution < -0.4 is 9.75 Å². The predicted molar refractivity (Wildman–Crippen MR) is 159 cm³/mol. The van der Waals surface area contributed by atoms with Gasteiger partial charge in [-0.15, -0.1) is 0 Å². The third-order valence-corrected chi connectivity index (χ3v) is 7.85. The van der Waals surface area contributed by atoms with Crippen LogP contribution in [0, 0.1) is 0 Å². The molecule has 0 bridgehead atoms.